The average Bonchev–Trinajstić information content (AvgIpc) is 3.20. The Labute approximate surface area is 180 Å². The largest absolute Gasteiger partial charge is 0.496 e. The van der Waals surface area contributed by atoms with Crippen LogP contribution in [0.1, 0.15) is 65.9 Å². The minimum absolute atomic E-state index is 0.105. The molecule has 0 bridgehead atoms. The van der Waals surface area contributed by atoms with E-state index in [9.17, 15) is 4.79 Å². The summed E-state index contributed by atoms with van der Waals surface area (Å²) in [6, 6.07) is 5.65. The SMILES string of the molecule is C[C@H](NCCc1ccc(B2OC(C)(C)C(C)(C)O2)c(Cl)c1)C(=O)OC1CCCC1. The monoisotopic (exact) mass is 421 g/mol. The van der Waals surface area contributed by atoms with Crippen LogP contribution in [0.25, 0.3) is 0 Å². The van der Waals surface area contributed by atoms with Crippen LogP contribution in [0.5, 0.6) is 0 Å². The topological polar surface area (TPSA) is 56.8 Å². The van der Waals surface area contributed by atoms with Gasteiger partial charge in [0, 0.05) is 10.5 Å². The van der Waals surface area contributed by atoms with Gasteiger partial charge >= 0.3 is 13.1 Å². The summed E-state index contributed by atoms with van der Waals surface area (Å²) < 4.78 is 17.7. The molecule has 1 aliphatic carbocycles. The second kappa shape index (κ2) is 8.97. The number of carbonyl (C=O) groups excluding carboxylic acids is 1. The summed E-state index contributed by atoms with van der Waals surface area (Å²) in [7, 11) is -0.468. The second-order valence-corrected chi connectivity index (χ2v) is 9.62. The van der Waals surface area contributed by atoms with Gasteiger partial charge in [-0.1, -0.05) is 23.7 Å². The lowest BCUT2D eigenvalue weighted by molar-refractivity contribution is -0.150. The van der Waals surface area contributed by atoms with Crippen molar-refractivity contribution < 1.29 is 18.8 Å². The number of halogens is 1. The molecule has 3 rings (SSSR count). The predicted octanol–water partition coefficient (Wildman–Crippen LogP) is 3.65. The van der Waals surface area contributed by atoms with E-state index in [0.29, 0.717) is 11.6 Å². The molecule has 7 heteroatoms. The molecule has 1 aromatic carbocycles. The van der Waals surface area contributed by atoms with E-state index in [1.165, 1.54) is 0 Å². The van der Waals surface area contributed by atoms with Crippen LogP contribution in [0.2, 0.25) is 5.02 Å². The van der Waals surface area contributed by atoms with Crippen molar-refractivity contribution in [2.24, 2.45) is 0 Å². The van der Waals surface area contributed by atoms with E-state index < -0.39 is 18.3 Å². The maximum Gasteiger partial charge on any atom is 0.496 e. The summed E-state index contributed by atoms with van der Waals surface area (Å²) in [5.41, 5.74) is 1.15. The highest BCUT2D eigenvalue weighted by molar-refractivity contribution is 6.65. The third-order valence-corrected chi connectivity index (χ3v) is 6.70. The van der Waals surface area contributed by atoms with Gasteiger partial charge in [0.1, 0.15) is 12.1 Å². The summed E-state index contributed by atoms with van der Waals surface area (Å²) in [6.45, 7) is 10.6. The molecule has 1 aromatic rings. The van der Waals surface area contributed by atoms with Gasteiger partial charge in [0.2, 0.25) is 0 Å². The van der Waals surface area contributed by atoms with Crippen LogP contribution in [-0.2, 0) is 25.3 Å². The summed E-state index contributed by atoms with van der Waals surface area (Å²) >= 11 is 6.53. The van der Waals surface area contributed by atoms with Crippen molar-refractivity contribution in [1.29, 1.82) is 0 Å². The van der Waals surface area contributed by atoms with E-state index in [0.717, 1.165) is 43.1 Å². The van der Waals surface area contributed by atoms with E-state index in [-0.39, 0.29) is 18.1 Å². The number of hydrogen-bond donors (Lipinski definition) is 1. The van der Waals surface area contributed by atoms with Gasteiger partial charge in [-0.25, -0.2) is 0 Å². The van der Waals surface area contributed by atoms with Gasteiger partial charge in [-0.05, 0) is 84.9 Å². The first-order chi connectivity index (χ1) is 13.6. The number of hydrogen-bond acceptors (Lipinski definition) is 5. The highest BCUT2D eigenvalue weighted by Gasteiger charge is 2.52. The summed E-state index contributed by atoms with van der Waals surface area (Å²) in [4.78, 5) is 12.2. The fourth-order valence-corrected chi connectivity index (χ4v) is 3.97. The highest BCUT2D eigenvalue weighted by atomic mass is 35.5. The van der Waals surface area contributed by atoms with Crippen molar-refractivity contribution in [3.05, 3.63) is 28.8 Å². The van der Waals surface area contributed by atoms with Crippen molar-refractivity contribution in [3.8, 4) is 0 Å². The zero-order chi connectivity index (χ0) is 21.2. The molecule has 0 amide bonds. The Kier molecular flexibility index (Phi) is 6.99. The Morgan fingerprint density at radius 1 is 1.24 bits per heavy atom. The minimum Gasteiger partial charge on any atom is -0.461 e. The quantitative estimate of drug-likeness (QED) is 0.538. The van der Waals surface area contributed by atoms with E-state index in [1.807, 2.05) is 52.8 Å². The van der Waals surface area contributed by atoms with Crippen molar-refractivity contribution in [2.75, 3.05) is 6.54 Å². The van der Waals surface area contributed by atoms with Crippen molar-refractivity contribution in [3.63, 3.8) is 0 Å². The molecule has 1 aliphatic heterocycles. The van der Waals surface area contributed by atoms with Gasteiger partial charge in [0.05, 0.1) is 11.2 Å². The molecule has 0 aromatic heterocycles. The third-order valence-electron chi connectivity index (χ3n) is 6.37. The van der Waals surface area contributed by atoms with Crippen LogP contribution >= 0.6 is 11.6 Å². The Bertz CT molecular complexity index is 718. The average molecular weight is 422 g/mol. The molecular formula is C22H33BClNO4. The van der Waals surface area contributed by atoms with Crippen molar-refractivity contribution in [1.82, 2.24) is 5.32 Å². The number of ether oxygens (including phenoxy) is 1. The molecule has 1 N–H and O–H groups in total. The van der Waals surface area contributed by atoms with Crippen LogP contribution in [-0.4, -0.2) is 43.0 Å². The number of nitrogens with one attached hydrogen (secondary N) is 1. The Morgan fingerprint density at radius 3 is 2.45 bits per heavy atom. The molecular weight excluding hydrogens is 389 g/mol. The number of rotatable bonds is 7. The fourth-order valence-electron chi connectivity index (χ4n) is 3.68. The molecule has 2 fully saturated rings. The molecule has 5 nitrogen and oxygen atoms in total. The van der Waals surface area contributed by atoms with E-state index in [2.05, 4.69) is 5.32 Å². The molecule has 29 heavy (non-hydrogen) atoms. The Morgan fingerprint density at radius 2 is 1.86 bits per heavy atom. The van der Waals surface area contributed by atoms with Crippen LogP contribution in [0, 0.1) is 0 Å². The van der Waals surface area contributed by atoms with Gasteiger partial charge in [-0.3, -0.25) is 4.79 Å². The van der Waals surface area contributed by atoms with Crippen LogP contribution in [0.4, 0.5) is 0 Å². The molecule has 160 valence electrons. The van der Waals surface area contributed by atoms with Gasteiger partial charge in [0.15, 0.2) is 0 Å². The summed E-state index contributed by atoms with van der Waals surface area (Å²) in [6.07, 6.45) is 5.17. The molecule has 2 aliphatic rings. The number of carbonyl (C=O) groups is 1. The molecule has 0 spiro atoms. The lowest BCUT2D eigenvalue weighted by Crippen LogP contribution is -2.41. The van der Waals surface area contributed by atoms with Crippen molar-refractivity contribution in [2.45, 2.75) is 90.1 Å². The van der Waals surface area contributed by atoms with E-state index >= 15 is 0 Å². The lowest BCUT2D eigenvalue weighted by atomic mass is 9.78. The molecule has 0 radical (unpaired) electrons. The Hall–Kier alpha value is -1.08. The first-order valence-electron chi connectivity index (χ1n) is 10.7. The number of benzene rings is 1. The molecule has 1 atom stereocenters. The second-order valence-electron chi connectivity index (χ2n) is 9.21. The van der Waals surface area contributed by atoms with Gasteiger partial charge in [0.25, 0.3) is 0 Å². The first kappa shape index (κ1) is 22.6. The predicted molar refractivity (Wildman–Crippen MR) is 117 cm³/mol. The van der Waals surface area contributed by atoms with E-state index in [1.54, 1.807) is 0 Å². The normalized spacial score (nSPS) is 22.1. The van der Waals surface area contributed by atoms with Crippen LogP contribution in [0.3, 0.4) is 0 Å². The molecule has 1 heterocycles. The number of esters is 1. The van der Waals surface area contributed by atoms with Gasteiger partial charge < -0.3 is 19.4 Å². The van der Waals surface area contributed by atoms with Gasteiger partial charge in [-0.2, -0.15) is 0 Å². The fraction of sp³-hybridized carbons (Fsp3) is 0.682. The first-order valence-corrected chi connectivity index (χ1v) is 11.0. The zero-order valence-electron chi connectivity index (χ0n) is 18.2. The molecule has 1 saturated heterocycles. The smallest absolute Gasteiger partial charge is 0.461 e. The molecule has 0 unspecified atom stereocenters. The maximum absolute atomic E-state index is 12.2. The minimum atomic E-state index is -0.468. The maximum atomic E-state index is 12.2. The summed E-state index contributed by atoms with van der Waals surface area (Å²) in [5.74, 6) is -0.161. The summed E-state index contributed by atoms with van der Waals surface area (Å²) in [5, 5.41) is 3.88. The highest BCUT2D eigenvalue weighted by Crippen LogP contribution is 2.37. The lowest BCUT2D eigenvalue weighted by Gasteiger charge is -2.32. The molecule has 1 saturated carbocycles. The van der Waals surface area contributed by atoms with E-state index in [4.69, 9.17) is 25.6 Å². The van der Waals surface area contributed by atoms with Crippen molar-refractivity contribution >= 4 is 30.2 Å². The standard InChI is InChI=1S/C22H33BClNO4/c1-15(20(26)27-17-8-6-7-9-17)25-13-12-16-10-11-18(19(24)14-16)23-28-21(2,3)22(4,5)29-23/h10-11,14-15,17,25H,6-9,12-13H2,1-5H3/t15-/m0/s1. The third kappa shape index (κ3) is 5.35. The van der Waals surface area contributed by atoms with Crippen LogP contribution in [0.15, 0.2) is 18.2 Å². The van der Waals surface area contributed by atoms with Crippen LogP contribution < -0.4 is 10.8 Å². The Balaban J connectivity index is 1.50. The van der Waals surface area contributed by atoms with Gasteiger partial charge in [-0.15, -0.1) is 0 Å². The zero-order valence-corrected chi connectivity index (χ0v) is 19.0.